The summed E-state index contributed by atoms with van der Waals surface area (Å²) in [6.07, 6.45) is -2.54. The van der Waals surface area contributed by atoms with Crippen molar-refractivity contribution in [2.75, 3.05) is 13.1 Å². The summed E-state index contributed by atoms with van der Waals surface area (Å²) in [5, 5.41) is 31.3. The summed E-state index contributed by atoms with van der Waals surface area (Å²) in [5.74, 6) is -0.354. The first-order valence-corrected chi connectivity index (χ1v) is 5.14. The lowest BCUT2D eigenvalue weighted by molar-refractivity contribution is -0.123. The predicted octanol–water partition coefficient (Wildman–Crippen LogP) is -2.70. The molecule has 0 aliphatic rings. The van der Waals surface area contributed by atoms with Crippen LogP contribution in [-0.2, 0) is 4.79 Å². The molecule has 0 spiro atoms. The summed E-state index contributed by atoms with van der Waals surface area (Å²) in [4.78, 5) is 11.1. The highest BCUT2D eigenvalue weighted by Gasteiger charge is 2.18. The van der Waals surface area contributed by atoms with Crippen LogP contribution in [0.5, 0.6) is 0 Å². The van der Waals surface area contributed by atoms with E-state index in [0.717, 1.165) is 0 Å². The minimum atomic E-state index is -1.58. The van der Waals surface area contributed by atoms with Crippen molar-refractivity contribution >= 4 is 5.91 Å². The number of hydrogen-bond acceptors (Lipinski definition) is 6. The maximum atomic E-state index is 11.1. The average Bonchev–Trinajstić information content (AvgIpc) is 2.21. The van der Waals surface area contributed by atoms with E-state index in [0.29, 0.717) is 0 Å². The number of carbonyl (C=O) groups is 1. The number of nitrogens with two attached hydrogens (primary N) is 1. The van der Waals surface area contributed by atoms with E-state index in [4.69, 9.17) is 15.9 Å². The average molecular weight is 235 g/mol. The van der Waals surface area contributed by atoms with Crippen LogP contribution < -0.4 is 16.4 Å². The third-order valence-electron chi connectivity index (χ3n) is 2.09. The van der Waals surface area contributed by atoms with Gasteiger partial charge in [-0.25, -0.2) is 0 Å². The molecular formula is C9H21N3O4. The van der Waals surface area contributed by atoms with E-state index in [1.165, 1.54) is 0 Å². The van der Waals surface area contributed by atoms with Crippen molar-refractivity contribution in [2.24, 2.45) is 11.7 Å². The van der Waals surface area contributed by atoms with E-state index in [2.05, 4.69) is 10.6 Å². The van der Waals surface area contributed by atoms with Crippen molar-refractivity contribution in [3.63, 3.8) is 0 Å². The quantitative estimate of drug-likeness (QED) is 0.267. The smallest absolute Gasteiger partial charge is 0.234 e. The second-order valence-corrected chi connectivity index (χ2v) is 3.93. The second kappa shape index (κ2) is 7.53. The topological polar surface area (TPSA) is 128 Å². The number of amides is 1. The van der Waals surface area contributed by atoms with Crippen LogP contribution >= 0.6 is 0 Å². The molecule has 0 aromatic carbocycles. The van der Waals surface area contributed by atoms with E-state index >= 15 is 0 Å². The van der Waals surface area contributed by atoms with Crippen molar-refractivity contribution in [3.05, 3.63) is 0 Å². The van der Waals surface area contributed by atoms with Crippen LogP contribution in [-0.4, -0.2) is 52.9 Å². The van der Waals surface area contributed by atoms with Gasteiger partial charge >= 0.3 is 0 Å². The molecule has 1 unspecified atom stereocenters. The molecule has 0 saturated carbocycles. The highest BCUT2D eigenvalue weighted by molar-refractivity contribution is 5.77. The summed E-state index contributed by atoms with van der Waals surface area (Å²) >= 11 is 0. The fourth-order valence-corrected chi connectivity index (χ4v) is 0.966. The molecule has 16 heavy (non-hydrogen) atoms. The van der Waals surface area contributed by atoms with Crippen LogP contribution in [0.15, 0.2) is 0 Å². The number of aliphatic hydroxyl groups is 3. The van der Waals surface area contributed by atoms with Gasteiger partial charge in [0.05, 0.1) is 13.1 Å². The van der Waals surface area contributed by atoms with Gasteiger partial charge in [0, 0.05) is 6.04 Å². The summed E-state index contributed by atoms with van der Waals surface area (Å²) < 4.78 is 0. The van der Waals surface area contributed by atoms with Crippen molar-refractivity contribution in [1.29, 1.82) is 0 Å². The molecule has 1 amide bonds. The first-order chi connectivity index (χ1) is 7.34. The van der Waals surface area contributed by atoms with Gasteiger partial charge in [0.25, 0.3) is 0 Å². The van der Waals surface area contributed by atoms with E-state index in [9.17, 15) is 9.90 Å². The zero-order valence-electron chi connectivity index (χ0n) is 9.55. The molecule has 2 atom stereocenters. The molecule has 96 valence electrons. The Kier molecular flexibility index (Phi) is 7.18. The van der Waals surface area contributed by atoms with Gasteiger partial charge in [-0.3, -0.25) is 10.1 Å². The number of aliphatic hydroxyl groups excluding tert-OH is 2. The second-order valence-electron chi connectivity index (χ2n) is 3.93. The van der Waals surface area contributed by atoms with Gasteiger partial charge in [0.2, 0.25) is 5.91 Å². The molecule has 0 heterocycles. The van der Waals surface area contributed by atoms with Crippen LogP contribution in [0.25, 0.3) is 0 Å². The highest BCUT2D eigenvalue weighted by Crippen LogP contribution is 2.00. The largest absolute Gasteiger partial charge is 0.377 e. The summed E-state index contributed by atoms with van der Waals surface area (Å²) in [5.41, 5.74) is 5.64. The molecule has 7 heteroatoms. The SMILES string of the molecule is CC(C)[C@H](N)C(O)NCC(=O)NCC(O)O. The van der Waals surface area contributed by atoms with Gasteiger partial charge in [0.15, 0.2) is 6.29 Å². The monoisotopic (exact) mass is 235 g/mol. The molecule has 7 nitrogen and oxygen atoms in total. The van der Waals surface area contributed by atoms with E-state index < -0.39 is 24.5 Å². The number of nitrogens with one attached hydrogen (secondary N) is 2. The maximum Gasteiger partial charge on any atom is 0.234 e. The fourth-order valence-electron chi connectivity index (χ4n) is 0.966. The Morgan fingerprint density at radius 1 is 1.31 bits per heavy atom. The number of carbonyl (C=O) groups excluding carboxylic acids is 1. The number of hydrogen-bond donors (Lipinski definition) is 6. The van der Waals surface area contributed by atoms with E-state index in [1.807, 2.05) is 13.8 Å². The van der Waals surface area contributed by atoms with Gasteiger partial charge in [-0.05, 0) is 5.92 Å². The molecule has 0 saturated heterocycles. The van der Waals surface area contributed by atoms with E-state index in [1.54, 1.807) is 0 Å². The van der Waals surface area contributed by atoms with Gasteiger partial charge in [-0.2, -0.15) is 0 Å². The highest BCUT2D eigenvalue weighted by atomic mass is 16.5. The van der Waals surface area contributed by atoms with Gasteiger partial charge in [0.1, 0.15) is 6.23 Å². The number of rotatable bonds is 7. The lowest BCUT2D eigenvalue weighted by Crippen LogP contribution is -2.51. The maximum absolute atomic E-state index is 11.1. The minimum Gasteiger partial charge on any atom is -0.377 e. The molecule has 0 aliphatic heterocycles. The molecule has 0 aliphatic carbocycles. The van der Waals surface area contributed by atoms with Crippen LogP contribution in [0.3, 0.4) is 0 Å². The van der Waals surface area contributed by atoms with Crippen LogP contribution in [0.2, 0.25) is 0 Å². The van der Waals surface area contributed by atoms with E-state index in [-0.39, 0.29) is 19.0 Å². The summed E-state index contributed by atoms with van der Waals surface area (Å²) in [7, 11) is 0. The fraction of sp³-hybridized carbons (Fsp3) is 0.889. The molecule has 7 N–H and O–H groups in total. The normalized spacial score (nSPS) is 15.2. The molecule has 0 aromatic rings. The molecule has 0 fully saturated rings. The zero-order chi connectivity index (χ0) is 12.7. The van der Waals surface area contributed by atoms with Crippen molar-refractivity contribution < 1.29 is 20.1 Å². The van der Waals surface area contributed by atoms with Crippen LogP contribution in [0.1, 0.15) is 13.8 Å². The summed E-state index contributed by atoms with van der Waals surface area (Å²) in [6.45, 7) is 3.34. The molecule has 0 radical (unpaired) electrons. The lowest BCUT2D eigenvalue weighted by atomic mass is 10.0. The molecule has 0 bridgehead atoms. The first kappa shape index (κ1) is 15.3. The third-order valence-corrected chi connectivity index (χ3v) is 2.09. The standard InChI is InChI=1S/C9H21N3O4/c1-5(2)8(10)9(16)12-3-6(13)11-4-7(14)15/h5,7-9,12,14-16H,3-4,10H2,1-2H3,(H,11,13)/t8-,9?/m0/s1. The van der Waals surface area contributed by atoms with Crippen molar-refractivity contribution in [2.45, 2.75) is 32.4 Å². The van der Waals surface area contributed by atoms with Gasteiger partial charge in [-0.1, -0.05) is 13.8 Å². The third kappa shape index (κ3) is 6.70. The van der Waals surface area contributed by atoms with Crippen LogP contribution in [0, 0.1) is 5.92 Å². The molecule has 0 aromatic heterocycles. The minimum absolute atomic E-state index is 0.0878. The Morgan fingerprint density at radius 2 is 1.88 bits per heavy atom. The zero-order valence-corrected chi connectivity index (χ0v) is 9.55. The lowest BCUT2D eigenvalue weighted by Gasteiger charge is -2.22. The Morgan fingerprint density at radius 3 is 2.31 bits per heavy atom. The first-order valence-electron chi connectivity index (χ1n) is 5.14. The van der Waals surface area contributed by atoms with Crippen molar-refractivity contribution in [1.82, 2.24) is 10.6 Å². The summed E-state index contributed by atoms with van der Waals surface area (Å²) in [6, 6.07) is -0.462. The van der Waals surface area contributed by atoms with Crippen LogP contribution in [0.4, 0.5) is 0 Å². The molecular weight excluding hydrogens is 214 g/mol. The predicted molar refractivity (Wildman–Crippen MR) is 58.1 cm³/mol. The Bertz CT molecular complexity index is 211. The molecule has 0 rings (SSSR count). The Hall–Kier alpha value is -0.730. The van der Waals surface area contributed by atoms with Crippen molar-refractivity contribution in [3.8, 4) is 0 Å². The Labute approximate surface area is 94.6 Å². The van der Waals surface area contributed by atoms with Gasteiger partial charge in [-0.15, -0.1) is 0 Å². The Balaban J connectivity index is 3.75. The van der Waals surface area contributed by atoms with Gasteiger partial charge < -0.3 is 26.4 Å².